The van der Waals surface area contributed by atoms with E-state index < -0.39 is 0 Å². The summed E-state index contributed by atoms with van der Waals surface area (Å²) in [6, 6.07) is 6.99. The molecule has 1 atom stereocenters. The molecule has 152 valence electrons. The zero-order chi connectivity index (χ0) is 20.5. The standard InChI is InChI=1S/C23H29N5O/c1-15-5-6-17(21-13-25-16(2)27(21)4)11-19(15)12-22(24-3)26-23(29)18-9-10-28(14-18)20-7-8-20/h5-6,11-13,18,20H,3,7-10,14H2,1-2,4H3,(H,26,29)/b22-12+. The van der Waals surface area contributed by atoms with E-state index in [0.29, 0.717) is 11.9 Å². The minimum Gasteiger partial charge on any atom is -0.331 e. The van der Waals surface area contributed by atoms with Gasteiger partial charge in [-0.2, -0.15) is 0 Å². The van der Waals surface area contributed by atoms with Crippen LogP contribution in [0, 0.1) is 19.8 Å². The first-order valence-electron chi connectivity index (χ1n) is 10.3. The summed E-state index contributed by atoms with van der Waals surface area (Å²) in [4.78, 5) is 23.6. The van der Waals surface area contributed by atoms with Crippen LogP contribution in [0.25, 0.3) is 17.3 Å². The number of likely N-dealkylation sites (tertiary alicyclic amines) is 1. The van der Waals surface area contributed by atoms with E-state index in [1.807, 2.05) is 26.2 Å². The van der Waals surface area contributed by atoms with Gasteiger partial charge in [-0.3, -0.25) is 9.69 Å². The highest BCUT2D eigenvalue weighted by Gasteiger charge is 2.36. The third kappa shape index (κ3) is 4.17. The zero-order valence-corrected chi connectivity index (χ0v) is 17.5. The Balaban J connectivity index is 1.52. The number of rotatable bonds is 6. The second-order valence-corrected chi connectivity index (χ2v) is 8.21. The largest absolute Gasteiger partial charge is 0.331 e. The molecule has 6 heteroatoms. The van der Waals surface area contributed by atoms with E-state index in [0.717, 1.165) is 47.7 Å². The average molecular weight is 392 g/mol. The first kappa shape index (κ1) is 19.6. The Hall–Kier alpha value is -2.73. The lowest BCUT2D eigenvalue weighted by Crippen LogP contribution is -2.32. The van der Waals surface area contributed by atoms with Gasteiger partial charge >= 0.3 is 0 Å². The molecule has 0 bridgehead atoms. The minimum absolute atomic E-state index is 0.0330. The van der Waals surface area contributed by atoms with Crippen LogP contribution in [0.3, 0.4) is 0 Å². The number of amides is 1. The Labute approximate surface area is 172 Å². The van der Waals surface area contributed by atoms with Crippen molar-refractivity contribution in [2.45, 2.75) is 39.2 Å². The molecule has 0 spiro atoms. The fourth-order valence-corrected chi connectivity index (χ4v) is 4.00. The highest BCUT2D eigenvalue weighted by molar-refractivity contribution is 5.82. The maximum Gasteiger partial charge on any atom is 0.229 e. The Morgan fingerprint density at radius 2 is 2.10 bits per heavy atom. The Kier molecular flexibility index (Phi) is 5.37. The van der Waals surface area contributed by atoms with E-state index in [2.05, 4.69) is 56.6 Å². The van der Waals surface area contributed by atoms with E-state index in [4.69, 9.17) is 0 Å². The normalized spacial score (nSPS) is 20.1. The summed E-state index contributed by atoms with van der Waals surface area (Å²) in [6.45, 7) is 9.58. The monoisotopic (exact) mass is 391 g/mol. The number of aliphatic imine (C=N–C) groups is 1. The van der Waals surface area contributed by atoms with Crippen LogP contribution >= 0.6 is 0 Å². The highest BCUT2D eigenvalue weighted by Crippen LogP contribution is 2.32. The van der Waals surface area contributed by atoms with Crippen molar-refractivity contribution in [2.24, 2.45) is 18.0 Å². The van der Waals surface area contributed by atoms with Crippen LogP contribution < -0.4 is 5.32 Å². The average Bonchev–Trinajstić information content (AvgIpc) is 3.35. The molecule has 6 nitrogen and oxygen atoms in total. The molecule has 1 saturated carbocycles. The van der Waals surface area contributed by atoms with Crippen molar-refractivity contribution in [1.82, 2.24) is 19.8 Å². The van der Waals surface area contributed by atoms with Gasteiger partial charge in [0.15, 0.2) is 0 Å². The predicted octanol–water partition coefficient (Wildman–Crippen LogP) is 3.30. The number of hydrogen-bond donors (Lipinski definition) is 1. The van der Waals surface area contributed by atoms with Gasteiger partial charge in [-0.05, 0) is 69.6 Å². The van der Waals surface area contributed by atoms with Gasteiger partial charge in [-0.25, -0.2) is 9.98 Å². The third-order valence-corrected chi connectivity index (χ3v) is 6.16. The molecule has 1 aromatic carbocycles. The highest BCUT2D eigenvalue weighted by atomic mass is 16.2. The second-order valence-electron chi connectivity index (χ2n) is 8.21. The van der Waals surface area contributed by atoms with Crippen molar-refractivity contribution in [3.05, 3.63) is 47.2 Å². The molecule has 2 aliphatic rings. The Bertz CT molecular complexity index is 970. The minimum atomic E-state index is 0.0330. The van der Waals surface area contributed by atoms with Crippen LogP contribution in [0.4, 0.5) is 0 Å². The molecule has 1 aliphatic carbocycles. The van der Waals surface area contributed by atoms with Crippen LogP contribution in [-0.2, 0) is 11.8 Å². The lowest BCUT2D eigenvalue weighted by Gasteiger charge is -2.15. The van der Waals surface area contributed by atoms with Crippen molar-refractivity contribution in [2.75, 3.05) is 13.1 Å². The quantitative estimate of drug-likeness (QED) is 0.769. The smallest absolute Gasteiger partial charge is 0.229 e. The molecular formula is C23H29N5O. The molecule has 2 fully saturated rings. The van der Waals surface area contributed by atoms with Gasteiger partial charge < -0.3 is 9.88 Å². The number of nitrogens with zero attached hydrogens (tertiary/aromatic N) is 4. The summed E-state index contributed by atoms with van der Waals surface area (Å²) in [5, 5.41) is 2.99. The molecule has 0 radical (unpaired) electrons. The maximum absolute atomic E-state index is 12.7. The summed E-state index contributed by atoms with van der Waals surface area (Å²) in [7, 11) is 2.01. The number of aryl methyl sites for hydroxylation is 2. The van der Waals surface area contributed by atoms with Gasteiger partial charge in [-0.1, -0.05) is 12.1 Å². The molecule has 29 heavy (non-hydrogen) atoms. The number of imidazole rings is 1. The summed E-state index contributed by atoms with van der Waals surface area (Å²) >= 11 is 0. The van der Waals surface area contributed by atoms with Crippen molar-refractivity contribution in [3.8, 4) is 11.3 Å². The summed E-state index contributed by atoms with van der Waals surface area (Å²) in [5.74, 6) is 1.55. The van der Waals surface area contributed by atoms with Crippen LogP contribution in [0.5, 0.6) is 0 Å². The van der Waals surface area contributed by atoms with Gasteiger partial charge in [0.05, 0.1) is 17.8 Å². The molecular weight excluding hydrogens is 362 g/mol. The van der Waals surface area contributed by atoms with E-state index in [1.165, 1.54) is 12.8 Å². The summed E-state index contributed by atoms with van der Waals surface area (Å²) in [5.41, 5.74) is 4.26. The van der Waals surface area contributed by atoms with Gasteiger partial charge in [0.1, 0.15) is 11.6 Å². The van der Waals surface area contributed by atoms with Crippen molar-refractivity contribution in [1.29, 1.82) is 0 Å². The lowest BCUT2D eigenvalue weighted by atomic mass is 10.0. The molecule has 2 heterocycles. The number of carbonyl (C=O) groups excluding carboxylic acids is 1. The Morgan fingerprint density at radius 3 is 2.76 bits per heavy atom. The molecule has 2 aromatic rings. The lowest BCUT2D eigenvalue weighted by molar-refractivity contribution is -0.123. The number of nitrogens with one attached hydrogen (secondary N) is 1. The SMILES string of the molecule is C=N/C(=C\c1cc(-c2cnc(C)n2C)ccc1C)NC(=O)C1CCN(C2CC2)C1. The van der Waals surface area contributed by atoms with Crippen LogP contribution in [0.2, 0.25) is 0 Å². The van der Waals surface area contributed by atoms with Gasteiger partial charge in [0.2, 0.25) is 5.91 Å². The van der Waals surface area contributed by atoms with Crippen LogP contribution in [0.1, 0.15) is 36.2 Å². The first-order chi connectivity index (χ1) is 14.0. The van der Waals surface area contributed by atoms with Gasteiger partial charge in [-0.15, -0.1) is 0 Å². The molecule has 1 saturated heterocycles. The second kappa shape index (κ2) is 7.95. The zero-order valence-electron chi connectivity index (χ0n) is 17.5. The summed E-state index contributed by atoms with van der Waals surface area (Å²) < 4.78 is 2.07. The maximum atomic E-state index is 12.7. The number of carbonyl (C=O) groups is 1. The van der Waals surface area contributed by atoms with E-state index in [1.54, 1.807) is 0 Å². The van der Waals surface area contributed by atoms with Gasteiger partial charge in [0, 0.05) is 25.2 Å². The first-order valence-corrected chi connectivity index (χ1v) is 10.3. The topological polar surface area (TPSA) is 62.5 Å². The number of benzene rings is 1. The van der Waals surface area contributed by atoms with Crippen molar-refractivity contribution in [3.63, 3.8) is 0 Å². The molecule has 4 rings (SSSR count). The molecule has 1 aliphatic heterocycles. The van der Waals surface area contributed by atoms with Crippen LogP contribution in [0.15, 0.2) is 35.2 Å². The number of hydrogen-bond acceptors (Lipinski definition) is 4. The van der Waals surface area contributed by atoms with Crippen molar-refractivity contribution >= 4 is 18.7 Å². The summed E-state index contributed by atoms with van der Waals surface area (Å²) in [6.07, 6.45) is 7.26. The molecule has 1 aromatic heterocycles. The molecule has 1 N–H and O–H groups in total. The fraction of sp³-hybridized carbons (Fsp3) is 0.435. The van der Waals surface area contributed by atoms with Crippen molar-refractivity contribution < 1.29 is 4.79 Å². The predicted molar refractivity (Wildman–Crippen MR) is 116 cm³/mol. The van der Waals surface area contributed by atoms with E-state index in [9.17, 15) is 4.79 Å². The Morgan fingerprint density at radius 1 is 1.31 bits per heavy atom. The molecule has 1 amide bonds. The van der Waals surface area contributed by atoms with Gasteiger partial charge in [0.25, 0.3) is 0 Å². The third-order valence-electron chi connectivity index (χ3n) is 6.16. The van der Waals surface area contributed by atoms with Crippen LogP contribution in [-0.4, -0.2) is 46.2 Å². The molecule has 1 unspecified atom stereocenters. The number of aromatic nitrogens is 2. The fourth-order valence-electron chi connectivity index (χ4n) is 4.00. The van der Waals surface area contributed by atoms with E-state index >= 15 is 0 Å². The van der Waals surface area contributed by atoms with E-state index in [-0.39, 0.29) is 11.8 Å².